The maximum Gasteiger partial charge on any atom is 0.350 e. The van der Waals surface area contributed by atoms with Crippen molar-refractivity contribution in [3.63, 3.8) is 0 Å². The molecule has 4 aromatic rings. The van der Waals surface area contributed by atoms with Crippen molar-refractivity contribution in [1.82, 2.24) is 24.7 Å². The van der Waals surface area contributed by atoms with Crippen LogP contribution in [0.15, 0.2) is 59.7 Å². The zero-order valence-electron chi connectivity index (χ0n) is 21.8. The Morgan fingerprint density at radius 3 is 2.39 bits per heavy atom. The first-order valence-corrected chi connectivity index (χ1v) is 11.9. The van der Waals surface area contributed by atoms with Crippen molar-refractivity contribution in [2.24, 2.45) is 5.73 Å². The summed E-state index contributed by atoms with van der Waals surface area (Å²) in [6.45, 7) is 0.0670. The second kappa shape index (κ2) is 13.7. The standard InChI is InChI=1S/C24H22F3N7O3.C2H4O2/c1-36-15-10-16(20(27)18(11-15)37-12-19(25)26)17(9-13-3-5-14(6-4-13)21(28)29)22-32-24(35)34(33-22)23-30-7-2-8-31-23;1-2(3)4/h2-8,10-11,17,19H,9,12H2,1H3,(H3,28,29)(H,32,33,35);1H3,(H,3,4). The number of ether oxygens (including phenoxy) is 2. The summed E-state index contributed by atoms with van der Waals surface area (Å²) < 4.78 is 52.4. The van der Waals surface area contributed by atoms with Crippen LogP contribution in [0, 0.1) is 11.2 Å². The fraction of sp³-hybridized carbons (Fsp3) is 0.231. The number of aromatic nitrogens is 5. The van der Waals surface area contributed by atoms with E-state index in [1.165, 1.54) is 31.6 Å². The highest BCUT2D eigenvalue weighted by atomic mass is 19.3. The third-order valence-electron chi connectivity index (χ3n) is 5.43. The van der Waals surface area contributed by atoms with E-state index in [0.29, 0.717) is 11.1 Å². The molecule has 4 rings (SSSR count). The first kappa shape index (κ1) is 30.3. The zero-order valence-corrected chi connectivity index (χ0v) is 21.8. The van der Waals surface area contributed by atoms with E-state index in [-0.39, 0.29) is 35.3 Å². The molecule has 2 aromatic carbocycles. The number of hydrogen-bond acceptors (Lipinski definition) is 8. The number of nitrogens with two attached hydrogens (primary N) is 1. The van der Waals surface area contributed by atoms with E-state index in [4.69, 9.17) is 30.5 Å². The van der Waals surface area contributed by atoms with Crippen LogP contribution in [0.2, 0.25) is 0 Å². The fourth-order valence-electron chi connectivity index (χ4n) is 3.67. The average molecular weight is 574 g/mol. The first-order chi connectivity index (χ1) is 19.5. The molecule has 0 saturated carbocycles. The number of nitrogen functional groups attached to an aromatic ring is 1. The van der Waals surface area contributed by atoms with Gasteiger partial charge in [0.25, 0.3) is 18.3 Å². The van der Waals surface area contributed by atoms with Gasteiger partial charge in [-0.05, 0) is 24.1 Å². The number of nitrogens with zero attached hydrogens (tertiary/aromatic N) is 4. The predicted octanol–water partition coefficient (Wildman–Crippen LogP) is 2.89. The van der Waals surface area contributed by atoms with Gasteiger partial charge in [0.05, 0.1) is 13.0 Å². The Labute approximate surface area is 231 Å². The average Bonchev–Trinajstić information content (AvgIpc) is 3.32. The fourth-order valence-corrected chi connectivity index (χ4v) is 3.67. The molecular weight excluding hydrogens is 547 g/mol. The number of aliphatic carboxylic acids is 1. The lowest BCUT2D eigenvalue weighted by atomic mass is 9.90. The molecule has 0 amide bonds. The summed E-state index contributed by atoms with van der Waals surface area (Å²) in [6.07, 6.45) is 0.179. The second-order valence-electron chi connectivity index (χ2n) is 8.39. The minimum absolute atomic E-state index is 0.00543. The summed E-state index contributed by atoms with van der Waals surface area (Å²) >= 11 is 0. The molecular formula is C26H26F3N7O5. The molecule has 1 unspecified atom stereocenters. The quantitative estimate of drug-likeness (QED) is 0.164. The number of halogens is 3. The van der Waals surface area contributed by atoms with Gasteiger partial charge in [-0.1, -0.05) is 24.3 Å². The minimum Gasteiger partial charge on any atom is -0.497 e. The number of carbonyl (C=O) groups is 1. The molecule has 0 aliphatic carbocycles. The monoisotopic (exact) mass is 573 g/mol. The molecule has 0 saturated heterocycles. The van der Waals surface area contributed by atoms with Gasteiger partial charge in [0.2, 0.25) is 0 Å². The largest absolute Gasteiger partial charge is 0.497 e. The summed E-state index contributed by atoms with van der Waals surface area (Å²) in [5.41, 5.74) is 6.05. The topological polar surface area (TPSA) is 182 Å². The van der Waals surface area contributed by atoms with Crippen molar-refractivity contribution in [3.8, 4) is 17.4 Å². The van der Waals surface area contributed by atoms with E-state index in [0.717, 1.165) is 11.6 Å². The molecule has 41 heavy (non-hydrogen) atoms. The summed E-state index contributed by atoms with van der Waals surface area (Å²) in [4.78, 5) is 32.4. The Morgan fingerprint density at radius 1 is 1.20 bits per heavy atom. The number of amidine groups is 1. The van der Waals surface area contributed by atoms with E-state index in [1.807, 2.05) is 0 Å². The number of H-pyrrole nitrogens is 1. The normalized spacial score (nSPS) is 11.4. The molecule has 0 spiro atoms. The van der Waals surface area contributed by atoms with Crippen LogP contribution in [0.25, 0.3) is 5.95 Å². The van der Waals surface area contributed by atoms with Crippen LogP contribution in [-0.4, -0.2) is 61.8 Å². The van der Waals surface area contributed by atoms with Crippen LogP contribution in [0.4, 0.5) is 13.2 Å². The van der Waals surface area contributed by atoms with Crippen molar-refractivity contribution in [1.29, 1.82) is 5.41 Å². The Bertz CT molecular complexity index is 1540. The maximum absolute atomic E-state index is 15.7. The number of benzene rings is 2. The van der Waals surface area contributed by atoms with Gasteiger partial charge in [0.1, 0.15) is 24.0 Å². The maximum atomic E-state index is 15.7. The van der Waals surface area contributed by atoms with Gasteiger partial charge in [-0.15, -0.1) is 9.78 Å². The Morgan fingerprint density at radius 2 is 1.83 bits per heavy atom. The van der Waals surface area contributed by atoms with E-state index >= 15 is 4.39 Å². The molecule has 2 aromatic heterocycles. The van der Waals surface area contributed by atoms with Crippen LogP contribution in [0.1, 0.15) is 35.4 Å². The predicted molar refractivity (Wildman–Crippen MR) is 141 cm³/mol. The molecule has 0 fully saturated rings. The van der Waals surface area contributed by atoms with Crippen LogP contribution < -0.4 is 20.9 Å². The molecule has 0 aliphatic heterocycles. The number of methoxy groups -OCH3 is 1. The Kier molecular flexibility index (Phi) is 10.2. The number of carboxylic acid groups (broad SMARTS) is 1. The molecule has 216 valence electrons. The van der Waals surface area contributed by atoms with Crippen LogP contribution in [0.5, 0.6) is 11.5 Å². The molecule has 12 nitrogen and oxygen atoms in total. The summed E-state index contributed by atoms with van der Waals surface area (Å²) in [6, 6.07) is 10.8. The number of alkyl halides is 2. The van der Waals surface area contributed by atoms with Crippen LogP contribution >= 0.6 is 0 Å². The molecule has 0 bridgehead atoms. The highest BCUT2D eigenvalue weighted by Gasteiger charge is 2.27. The van der Waals surface area contributed by atoms with Gasteiger partial charge in [0, 0.05) is 36.5 Å². The molecule has 15 heteroatoms. The molecule has 5 N–H and O–H groups in total. The van der Waals surface area contributed by atoms with Crippen molar-refractivity contribution >= 4 is 11.8 Å². The lowest BCUT2D eigenvalue weighted by Crippen LogP contribution is -2.18. The van der Waals surface area contributed by atoms with E-state index in [9.17, 15) is 13.6 Å². The van der Waals surface area contributed by atoms with Gasteiger partial charge in [-0.25, -0.2) is 27.9 Å². The molecule has 0 aliphatic rings. The highest BCUT2D eigenvalue weighted by molar-refractivity contribution is 5.94. The van der Waals surface area contributed by atoms with Crippen molar-refractivity contribution in [2.75, 3.05) is 13.7 Å². The minimum atomic E-state index is -2.82. The zero-order chi connectivity index (χ0) is 30.1. The van der Waals surface area contributed by atoms with Crippen molar-refractivity contribution in [3.05, 3.63) is 93.7 Å². The Hall–Kier alpha value is -5.21. The lowest BCUT2D eigenvalue weighted by molar-refractivity contribution is -0.134. The number of carboxylic acids is 1. The van der Waals surface area contributed by atoms with Gasteiger partial charge in [-0.2, -0.15) is 0 Å². The summed E-state index contributed by atoms with van der Waals surface area (Å²) in [5.74, 6) is -2.96. The third kappa shape index (κ3) is 8.14. The summed E-state index contributed by atoms with van der Waals surface area (Å²) in [7, 11) is 1.34. The van der Waals surface area contributed by atoms with Gasteiger partial charge in [-0.3, -0.25) is 15.2 Å². The van der Waals surface area contributed by atoms with E-state index in [2.05, 4.69) is 20.1 Å². The van der Waals surface area contributed by atoms with Crippen molar-refractivity contribution in [2.45, 2.75) is 25.7 Å². The first-order valence-electron chi connectivity index (χ1n) is 11.9. The third-order valence-corrected chi connectivity index (χ3v) is 5.43. The SMILES string of the molecule is CC(=O)O.COc1cc(OCC(F)F)c(F)c(C(Cc2ccc(C(=N)N)cc2)c2nn(-c3ncccn3)c(=O)[nH]2)c1. The Balaban J connectivity index is 0.00000108. The number of aromatic amines is 1. The molecule has 2 heterocycles. The van der Waals surface area contributed by atoms with E-state index in [1.54, 1.807) is 30.3 Å². The van der Waals surface area contributed by atoms with Gasteiger partial charge in [0.15, 0.2) is 11.6 Å². The second-order valence-corrected chi connectivity index (χ2v) is 8.39. The van der Waals surface area contributed by atoms with E-state index < -0.39 is 42.2 Å². The molecule has 1 atom stereocenters. The number of rotatable bonds is 10. The van der Waals surface area contributed by atoms with Crippen LogP contribution in [-0.2, 0) is 11.2 Å². The summed E-state index contributed by atoms with van der Waals surface area (Å²) in [5, 5.41) is 19.3. The van der Waals surface area contributed by atoms with Crippen LogP contribution in [0.3, 0.4) is 0 Å². The van der Waals surface area contributed by atoms with Gasteiger partial charge >= 0.3 is 5.69 Å². The van der Waals surface area contributed by atoms with Crippen molar-refractivity contribution < 1.29 is 32.5 Å². The number of nitrogens with one attached hydrogen (secondary N) is 2. The number of hydrogen-bond donors (Lipinski definition) is 4. The smallest absolute Gasteiger partial charge is 0.350 e. The molecule has 0 radical (unpaired) electrons. The highest BCUT2D eigenvalue weighted by Crippen LogP contribution is 2.36. The lowest BCUT2D eigenvalue weighted by Gasteiger charge is -2.19. The van der Waals surface area contributed by atoms with Gasteiger partial charge < -0.3 is 20.3 Å².